The van der Waals surface area contributed by atoms with Crippen LogP contribution in [0.2, 0.25) is 0 Å². The summed E-state index contributed by atoms with van der Waals surface area (Å²) in [7, 11) is 0. The number of carbonyl (C=O) groups is 1. The van der Waals surface area contributed by atoms with Crippen LogP contribution >= 0.6 is 0 Å². The number of carbonyl (C=O) groups excluding carboxylic acids is 1. The van der Waals surface area contributed by atoms with E-state index in [9.17, 15) is 4.79 Å². The van der Waals surface area contributed by atoms with Gasteiger partial charge in [0.05, 0.1) is 12.0 Å². The summed E-state index contributed by atoms with van der Waals surface area (Å²) in [5, 5.41) is 2.59. The van der Waals surface area contributed by atoms with Crippen molar-refractivity contribution in [2.24, 2.45) is 5.41 Å². The van der Waals surface area contributed by atoms with Crippen molar-refractivity contribution in [3.8, 4) is 0 Å². The van der Waals surface area contributed by atoms with Crippen LogP contribution in [0.5, 0.6) is 0 Å². The number of aryl methyl sites for hydroxylation is 1. The molecule has 128 valence electrons. The van der Waals surface area contributed by atoms with Gasteiger partial charge in [-0.25, -0.2) is 0 Å². The van der Waals surface area contributed by atoms with E-state index in [0.29, 0.717) is 6.61 Å². The van der Waals surface area contributed by atoms with Gasteiger partial charge in [-0.15, -0.1) is 0 Å². The van der Waals surface area contributed by atoms with Gasteiger partial charge >= 0.3 is 5.97 Å². The number of hydrogen-bond donors (Lipinski definition) is 0. The largest absolute Gasteiger partial charge is 0.466 e. The SMILES string of the molecule is CCOC(=O)C1(CCCc2ccc3ccccc3c2)CCCCC1. The van der Waals surface area contributed by atoms with E-state index in [1.165, 1.54) is 22.8 Å². The van der Waals surface area contributed by atoms with Crippen molar-refractivity contribution >= 4 is 16.7 Å². The molecular formula is C22H28O2. The second kappa shape index (κ2) is 7.83. The van der Waals surface area contributed by atoms with Crippen LogP contribution in [0.3, 0.4) is 0 Å². The summed E-state index contributed by atoms with van der Waals surface area (Å²) in [6.45, 7) is 2.40. The Balaban J connectivity index is 1.64. The number of esters is 1. The second-order valence-electron chi connectivity index (χ2n) is 7.10. The normalized spacial score (nSPS) is 16.9. The molecule has 1 aliphatic rings. The molecule has 0 radical (unpaired) electrons. The van der Waals surface area contributed by atoms with Gasteiger partial charge in [0, 0.05) is 0 Å². The summed E-state index contributed by atoms with van der Waals surface area (Å²) in [5.74, 6) is 0.0446. The summed E-state index contributed by atoms with van der Waals surface area (Å²) >= 11 is 0. The summed E-state index contributed by atoms with van der Waals surface area (Å²) in [4.78, 5) is 12.5. The third-order valence-electron chi connectivity index (χ3n) is 5.45. The highest BCUT2D eigenvalue weighted by molar-refractivity contribution is 5.83. The summed E-state index contributed by atoms with van der Waals surface area (Å²) in [6.07, 6.45) is 8.63. The van der Waals surface area contributed by atoms with Crippen molar-refractivity contribution in [2.75, 3.05) is 6.61 Å². The van der Waals surface area contributed by atoms with Crippen molar-refractivity contribution < 1.29 is 9.53 Å². The third-order valence-corrected chi connectivity index (χ3v) is 5.45. The van der Waals surface area contributed by atoms with Gasteiger partial charge < -0.3 is 4.74 Å². The van der Waals surface area contributed by atoms with Crippen molar-refractivity contribution in [2.45, 2.75) is 58.3 Å². The fourth-order valence-electron chi connectivity index (χ4n) is 4.09. The molecule has 1 fully saturated rings. The Morgan fingerprint density at radius 1 is 1.04 bits per heavy atom. The first kappa shape index (κ1) is 17.0. The van der Waals surface area contributed by atoms with E-state index in [-0.39, 0.29) is 11.4 Å². The topological polar surface area (TPSA) is 26.3 Å². The van der Waals surface area contributed by atoms with Crippen molar-refractivity contribution in [1.82, 2.24) is 0 Å². The smallest absolute Gasteiger partial charge is 0.312 e. The minimum Gasteiger partial charge on any atom is -0.466 e. The molecule has 2 nitrogen and oxygen atoms in total. The molecular weight excluding hydrogens is 296 g/mol. The highest BCUT2D eigenvalue weighted by atomic mass is 16.5. The molecule has 1 aliphatic carbocycles. The molecule has 2 heteroatoms. The minimum absolute atomic E-state index is 0.0446. The van der Waals surface area contributed by atoms with Crippen LogP contribution in [-0.4, -0.2) is 12.6 Å². The van der Waals surface area contributed by atoms with Crippen LogP contribution in [0.1, 0.15) is 57.4 Å². The first-order valence-electron chi connectivity index (χ1n) is 9.38. The van der Waals surface area contributed by atoms with Gasteiger partial charge in [-0.3, -0.25) is 4.79 Å². The summed E-state index contributed by atoms with van der Waals surface area (Å²) in [6, 6.07) is 15.2. The monoisotopic (exact) mass is 324 g/mol. The zero-order valence-corrected chi connectivity index (χ0v) is 14.7. The Morgan fingerprint density at radius 3 is 2.54 bits per heavy atom. The van der Waals surface area contributed by atoms with Gasteiger partial charge in [0.15, 0.2) is 0 Å². The van der Waals surface area contributed by atoms with E-state index in [4.69, 9.17) is 4.74 Å². The fourth-order valence-corrected chi connectivity index (χ4v) is 4.09. The molecule has 0 saturated heterocycles. The lowest BCUT2D eigenvalue weighted by Gasteiger charge is -2.35. The molecule has 3 rings (SSSR count). The van der Waals surface area contributed by atoms with E-state index in [1.54, 1.807) is 0 Å². The molecule has 0 atom stereocenters. The van der Waals surface area contributed by atoms with Gasteiger partial charge in [-0.05, 0) is 55.4 Å². The molecule has 0 aromatic heterocycles. The molecule has 2 aromatic carbocycles. The molecule has 0 spiro atoms. The summed E-state index contributed by atoms with van der Waals surface area (Å²) in [5.41, 5.74) is 1.15. The van der Waals surface area contributed by atoms with Crippen LogP contribution in [0.25, 0.3) is 10.8 Å². The Labute approximate surface area is 145 Å². The molecule has 0 N–H and O–H groups in total. The van der Waals surface area contributed by atoms with Crippen molar-refractivity contribution in [3.63, 3.8) is 0 Å². The fraction of sp³-hybridized carbons (Fsp3) is 0.500. The van der Waals surface area contributed by atoms with E-state index in [2.05, 4.69) is 42.5 Å². The first-order valence-corrected chi connectivity index (χ1v) is 9.38. The molecule has 0 heterocycles. The van der Waals surface area contributed by atoms with E-state index in [1.807, 2.05) is 6.92 Å². The molecule has 24 heavy (non-hydrogen) atoms. The van der Waals surface area contributed by atoms with Crippen LogP contribution in [0.4, 0.5) is 0 Å². The Kier molecular flexibility index (Phi) is 5.55. The average Bonchev–Trinajstić information content (AvgIpc) is 2.62. The Bertz CT molecular complexity index is 683. The average molecular weight is 324 g/mol. The number of fused-ring (bicyclic) bond motifs is 1. The molecule has 1 saturated carbocycles. The molecule has 2 aromatic rings. The van der Waals surface area contributed by atoms with E-state index in [0.717, 1.165) is 44.9 Å². The first-order chi connectivity index (χ1) is 11.7. The second-order valence-corrected chi connectivity index (χ2v) is 7.10. The van der Waals surface area contributed by atoms with Crippen molar-refractivity contribution in [3.05, 3.63) is 48.0 Å². The number of rotatable bonds is 6. The number of ether oxygens (including phenoxy) is 1. The Hall–Kier alpha value is -1.83. The predicted octanol–water partition coefficient (Wildman–Crippen LogP) is 5.68. The van der Waals surface area contributed by atoms with E-state index < -0.39 is 0 Å². The van der Waals surface area contributed by atoms with Gasteiger partial charge in [0.2, 0.25) is 0 Å². The van der Waals surface area contributed by atoms with Gasteiger partial charge in [-0.2, -0.15) is 0 Å². The van der Waals surface area contributed by atoms with Crippen LogP contribution < -0.4 is 0 Å². The minimum atomic E-state index is -0.217. The Morgan fingerprint density at radius 2 is 1.79 bits per heavy atom. The molecule has 0 unspecified atom stereocenters. The van der Waals surface area contributed by atoms with Crippen LogP contribution in [0, 0.1) is 5.41 Å². The van der Waals surface area contributed by atoms with Crippen LogP contribution in [0.15, 0.2) is 42.5 Å². The van der Waals surface area contributed by atoms with Gasteiger partial charge in [0.25, 0.3) is 0 Å². The lowest BCUT2D eigenvalue weighted by Crippen LogP contribution is -2.35. The van der Waals surface area contributed by atoms with Gasteiger partial charge in [-0.1, -0.05) is 61.7 Å². The predicted molar refractivity (Wildman–Crippen MR) is 99.0 cm³/mol. The zero-order valence-electron chi connectivity index (χ0n) is 14.7. The molecule has 0 aliphatic heterocycles. The highest BCUT2D eigenvalue weighted by Crippen LogP contribution is 2.41. The van der Waals surface area contributed by atoms with Crippen molar-refractivity contribution in [1.29, 1.82) is 0 Å². The van der Waals surface area contributed by atoms with Gasteiger partial charge in [0.1, 0.15) is 0 Å². The maximum atomic E-state index is 12.5. The van der Waals surface area contributed by atoms with Crippen LogP contribution in [-0.2, 0) is 16.0 Å². The zero-order chi connectivity index (χ0) is 16.8. The quantitative estimate of drug-likeness (QED) is 0.639. The number of hydrogen-bond acceptors (Lipinski definition) is 2. The maximum absolute atomic E-state index is 12.5. The summed E-state index contributed by atoms with van der Waals surface area (Å²) < 4.78 is 5.41. The lowest BCUT2D eigenvalue weighted by atomic mass is 9.71. The third kappa shape index (κ3) is 3.80. The van der Waals surface area contributed by atoms with E-state index >= 15 is 0 Å². The highest BCUT2D eigenvalue weighted by Gasteiger charge is 2.40. The lowest BCUT2D eigenvalue weighted by molar-refractivity contribution is -0.158. The molecule has 0 amide bonds. The number of benzene rings is 2. The molecule has 0 bridgehead atoms. The standard InChI is InChI=1S/C22H28O2/c1-2-24-21(23)22(14-6-3-7-15-22)16-8-9-18-12-13-19-10-4-5-11-20(19)17-18/h4-5,10-13,17H,2-3,6-9,14-16H2,1H3. The maximum Gasteiger partial charge on any atom is 0.312 e.